The first-order valence-corrected chi connectivity index (χ1v) is 8.39. The number of nitrogens with one attached hydrogen (secondary N) is 2. The van der Waals surface area contributed by atoms with Crippen molar-refractivity contribution < 1.29 is 9.90 Å². The van der Waals surface area contributed by atoms with Crippen LogP contribution in [0.25, 0.3) is 10.9 Å². The van der Waals surface area contributed by atoms with Crippen LogP contribution in [0.2, 0.25) is 0 Å². The normalized spacial score (nSPS) is 9.96. The van der Waals surface area contributed by atoms with Gasteiger partial charge in [-0.1, -0.05) is 11.6 Å². The number of aryl methyl sites for hydroxylation is 3. The van der Waals surface area contributed by atoms with Crippen molar-refractivity contribution in [3.8, 4) is 0 Å². The van der Waals surface area contributed by atoms with E-state index in [0.29, 0.717) is 0 Å². The van der Waals surface area contributed by atoms with Crippen LogP contribution in [0, 0.1) is 20.8 Å². The molecule has 1 aromatic carbocycles. The summed E-state index contributed by atoms with van der Waals surface area (Å²) in [6, 6.07) is 10.5. The zero-order valence-corrected chi connectivity index (χ0v) is 15.3. The third-order valence-corrected chi connectivity index (χ3v) is 3.94. The van der Waals surface area contributed by atoms with Crippen molar-refractivity contribution in [2.45, 2.75) is 20.8 Å². The van der Waals surface area contributed by atoms with Crippen molar-refractivity contribution in [3.63, 3.8) is 0 Å². The van der Waals surface area contributed by atoms with Crippen LogP contribution in [0.1, 0.15) is 16.7 Å². The lowest BCUT2D eigenvalue weighted by Crippen LogP contribution is -2.15. The lowest BCUT2D eigenvalue weighted by molar-refractivity contribution is -0.122. The number of hydrogen-bond donors (Lipinski definition) is 3. The number of hydrogen-bond acceptors (Lipinski definition) is 5. The zero-order chi connectivity index (χ0) is 18.9. The highest BCUT2D eigenvalue weighted by molar-refractivity contribution is 5.84. The van der Waals surface area contributed by atoms with Crippen LogP contribution in [0.15, 0.2) is 42.7 Å². The number of fused-ring (bicyclic) bond motifs is 1. The first-order chi connectivity index (χ1) is 12.5. The Bertz CT molecular complexity index is 881. The van der Waals surface area contributed by atoms with Gasteiger partial charge in [0, 0.05) is 36.6 Å². The Balaban J connectivity index is 0.000000758. The molecule has 0 aliphatic carbocycles. The van der Waals surface area contributed by atoms with Gasteiger partial charge in [0.2, 0.25) is 0 Å². The molecule has 3 rings (SSSR count). The lowest BCUT2D eigenvalue weighted by Gasteiger charge is -2.11. The standard InChI is InChI=1S/C19H22N4.CH2O2/c1-13-4-5-18-16(10-13)14(2)11-19(23-18)22-9-8-21-17-6-7-20-12-15(17)3;2-1-3/h4-7,10-12H,8-9H2,1-3H3,(H,20,21)(H,22,23);1H,(H,2,3). The Labute approximate surface area is 153 Å². The van der Waals surface area contributed by atoms with E-state index < -0.39 is 0 Å². The summed E-state index contributed by atoms with van der Waals surface area (Å²) in [4.78, 5) is 17.2. The van der Waals surface area contributed by atoms with Gasteiger partial charge in [-0.15, -0.1) is 0 Å². The number of carbonyl (C=O) groups is 1. The van der Waals surface area contributed by atoms with Gasteiger partial charge < -0.3 is 15.7 Å². The van der Waals surface area contributed by atoms with E-state index in [1.807, 2.05) is 12.3 Å². The van der Waals surface area contributed by atoms with E-state index in [1.54, 1.807) is 6.20 Å². The maximum Gasteiger partial charge on any atom is 0.290 e. The van der Waals surface area contributed by atoms with Gasteiger partial charge in [0.1, 0.15) is 5.82 Å². The monoisotopic (exact) mass is 352 g/mol. The predicted octanol–water partition coefficient (Wildman–Crippen LogP) is 3.78. The summed E-state index contributed by atoms with van der Waals surface area (Å²) in [5.41, 5.74) is 5.83. The smallest absolute Gasteiger partial charge is 0.290 e. The average molecular weight is 352 g/mol. The number of pyridine rings is 2. The van der Waals surface area contributed by atoms with Crippen LogP contribution in [0.3, 0.4) is 0 Å². The van der Waals surface area contributed by atoms with E-state index in [-0.39, 0.29) is 6.47 Å². The fourth-order valence-electron chi connectivity index (χ4n) is 2.66. The molecular weight excluding hydrogens is 328 g/mol. The molecule has 0 radical (unpaired) electrons. The van der Waals surface area contributed by atoms with E-state index in [4.69, 9.17) is 14.9 Å². The van der Waals surface area contributed by atoms with Gasteiger partial charge in [-0.25, -0.2) is 4.98 Å². The number of anilines is 2. The Kier molecular flexibility index (Phi) is 6.91. The molecule has 3 N–H and O–H groups in total. The third kappa shape index (κ3) is 5.17. The molecule has 0 unspecified atom stereocenters. The Morgan fingerprint density at radius 2 is 1.77 bits per heavy atom. The molecule has 0 saturated carbocycles. The topological polar surface area (TPSA) is 87.1 Å². The molecule has 0 bridgehead atoms. The quantitative estimate of drug-likeness (QED) is 0.478. The van der Waals surface area contributed by atoms with Gasteiger partial charge in [-0.3, -0.25) is 9.78 Å². The predicted molar refractivity (Wildman–Crippen MR) is 106 cm³/mol. The van der Waals surface area contributed by atoms with E-state index >= 15 is 0 Å². The van der Waals surface area contributed by atoms with E-state index in [1.165, 1.54) is 16.5 Å². The molecule has 0 aliphatic heterocycles. The van der Waals surface area contributed by atoms with Gasteiger partial charge in [0.05, 0.1) is 5.52 Å². The molecular formula is C20H24N4O2. The Morgan fingerprint density at radius 1 is 1.04 bits per heavy atom. The maximum absolute atomic E-state index is 8.36. The molecule has 0 saturated heterocycles. The summed E-state index contributed by atoms with van der Waals surface area (Å²) in [7, 11) is 0. The van der Waals surface area contributed by atoms with Crippen molar-refractivity contribution in [1.29, 1.82) is 0 Å². The molecule has 0 fully saturated rings. The minimum Gasteiger partial charge on any atom is -0.483 e. The van der Waals surface area contributed by atoms with Crippen molar-refractivity contribution in [2.24, 2.45) is 0 Å². The summed E-state index contributed by atoms with van der Waals surface area (Å²) in [6.45, 7) is 7.69. The lowest BCUT2D eigenvalue weighted by atomic mass is 10.1. The van der Waals surface area contributed by atoms with E-state index in [9.17, 15) is 0 Å². The second-order valence-corrected chi connectivity index (χ2v) is 5.99. The summed E-state index contributed by atoms with van der Waals surface area (Å²) in [6.07, 6.45) is 3.67. The van der Waals surface area contributed by atoms with Crippen molar-refractivity contribution in [3.05, 3.63) is 59.4 Å². The number of rotatable bonds is 5. The molecule has 0 spiro atoms. The van der Waals surface area contributed by atoms with Gasteiger partial charge in [0.25, 0.3) is 6.47 Å². The second-order valence-electron chi connectivity index (χ2n) is 5.99. The molecule has 26 heavy (non-hydrogen) atoms. The first-order valence-electron chi connectivity index (χ1n) is 8.39. The molecule has 2 heterocycles. The minimum atomic E-state index is -0.250. The highest BCUT2D eigenvalue weighted by atomic mass is 16.3. The van der Waals surface area contributed by atoms with Crippen molar-refractivity contribution in [1.82, 2.24) is 9.97 Å². The molecule has 2 aromatic heterocycles. The number of benzene rings is 1. The van der Waals surface area contributed by atoms with Crippen LogP contribution in [-0.2, 0) is 4.79 Å². The fourth-order valence-corrected chi connectivity index (χ4v) is 2.66. The Morgan fingerprint density at radius 3 is 2.50 bits per heavy atom. The van der Waals surface area contributed by atoms with Gasteiger partial charge in [-0.05, 0) is 56.2 Å². The largest absolute Gasteiger partial charge is 0.483 e. The van der Waals surface area contributed by atoms with Crippen molar-refractivity contribution >= 4 is 28.9 Å². The third-order valence-electron chi connectivity index (χ3n) is 3.94. The SMILES string of the molecule is Cc1ccc2nc(NCCNc3ccncc3C)cc(C)c2c1.O=CO. The summed E-state index contributed by atoms with van der Waals surface area (Å²) >= 11 is 0. The fraction of sp³-hybridized carbons (Fsp3) is 0.250. The molecule has 3 aromatic rings. The molecule has 0 amide bonds. The highest BCUT2D eigenvalue weighted by Crippen LogP contribution is 2.21. The van der Waals surface area contributed by atoms with Gasteiger partial charge >= 0.3 is 0 Å². The summed E-state index contributed by atoms with van der Waals surface area (Å²) in [5.74, 6) is 0.923. The molecule has 0 aliphatic rings. The number of aromatic nitrogens is 2. The van der Waals surface area contributed by atoms with Gasteiger partial charge in [0.15, 0.2) is 0 Å². The number of carboxylic acid groups (broad SMARTS) is 1. The van der Waals surface area contributed by atoms with Crippen LogP contribution in [-0.4, -0.2) is 34.6 Å². The zero-order valence-electron chi connectivity index (χ0n) is 15.3. The number of nitrogens with zero attached hydrogens (tertiary/aromatic N) is 2. The molecule has 6 nitrogen and oxygen atoms in total. The Hall–Kier alpha value is -3.15. The second kappa shape index (κ2) is 9.36. The molecule has 136 valence electrons. The van der Waals surface area contributed by atoms with Gasteiger partial charge in [-0.2, -0.15) is 0 Å². The highest BCUT2D eigenvalue weighted by Gasteiger charge is 2.03. The molecule has 0 atom stereocenters. The first kappa shape index (κ1) is 19.2. The molecule has 6 heteroatoms. The summed E-state index contributed by atoms with van der Waals surface area (Å²) in [5, 5.41) is 14.9. The van der Waals surface area contributed by atoms with Crippen LogP contribution in [0.5, 0.6) is 0 Å². The van der Waals surface area contributed by atoms with Crippen LogP contribution in [0.4, 0.5) is 11.5 Å². The minimum absolute atomic E-state index is 0.250. The van der Waals surface area contributed by atoms with E-state index in [0.717, 1.165) is 35.7 Å². The average Bonchev–Trinajstić information content (AvgIpc) is 2.61. The van der Waals surface area contributed by atoms with Crippen molar-refractivity contribution in [2.75, 3.05) is 23.7 Å². The van der Waals surface area contributed by atoms with Crippen LogP contribution < -0.4 is 10.6 Å². The maximum atomic E-state index is 8.36. The summed E-state index contributed by atoms with van der Waals surface area (Å²) < 4.78 is 0. The van der Waals surface area contributed by atoms with Crippen LogP contribution >= 0.6 is 0 Å². The van der Waals surface area contributed by atoms with E-state index in [2.05, 4.69) is 60.7 Å².